The van der Waals surface area contributed by atoms with E-state index in [1.807, 2.05) is 0 Å². The molecule has 0 radical (unpaired) electrons. The highest BCUT2D eigenvalue weighted by Crippen LogP contribution is 2.19. The molecule has 0 saturated carbocycles. The van der Waals surface area contributed by atoms with Gasteiger partial charge in [-0.25, -0.2) is 9.59 Å². The summed E-state index contributed by atoms with van der Waals surface area (Å²) >= 11 is 0. The van der Waals surface area contributed by atoms with Crippen LogP contribution in [-0.4, -0.2) is 38.2 Å². The summed E-state index contributed by atoms with van der Waals surface area (Å²) in [4.78, 5) is 24.0. The maximum absolute atomic E-state index is 11.4. The number of benzene rings is 1. The molecule has 0 spiro atoms. The van der Waals surface area contributed by atoms with Gasteiger partial charge in [-0.05, 0) is 12.1 Å². The molecule has 5 heteroatoms. The first-order valence-corrected chi connectivity index (χ1v) is 4.62. The van der Waals surface area contributed by atoms with Crippen molar-refractivity contribution in [3.63, 3.8) is 0 Å². The normalized spacial score (nSPS) is 9.44. The maximum atomic E-state index is 11.4. The van der Waals surface area contributed by atoms with Gasteiger partial charge in [-0.3, -0.25) is 0 Å². The van der Waals surface area contributed by atoms with Crippen molar-refractivity contribution >= 4 is 12.1 Å². The summed E-state index contributed by atoms with van der Waals surface area (Å²) < 4.78 is 9.59. The van der Waals surface area contributed by atoms with Crippen LogP contribution in [0.2, 0.25) is 0 Å². The molecule has 1 aromatic rings. The average Bonchev–Trinajstić information content (AvgIpc) is 2.28. The van der Waals surface area contributed by atoms with Crippen molar-refractivity contribution in [1.82, 2.24) is 4.90 Å². The Balaban J connectivity index is 2.95. The monoisotopic (exact) mass is 223 g/mol. The minimum Gasteiger partial charge on any atom is -0.465 e. The number of rotatable bonds is 2. The molecule has 1 aromatic carbocycles. The molecule has 0 aliphatic rings. The van der Waals surface area contributed by atoms with Crippen LogP contribution in [0.15, 0.2) is 24.3 Å². The van der Waals surface area contributed by atoms with Crippen LogP contribution in [0.25, 0.3) is 0 Å². The molecule has 0 unspecified atom stereocenters. The average molecular weight is 223 g/mol. The number of para-hydroxylation sites is 1. The van der Waals surface area contributed by atoms with Crippen LogP contribution in [0, 0.1) is 0 Å². The van der Waals surface area contributed by atoms with E-state index >= 15 is 0 Å². The first-order valence-electron chi connectivity index (χ1n) is 4.62. The minimum atomic E-state index is -0.545. The highest BCUT2D eigenvalue weighted by molar-refractivity contribution is 5.93. The predicted octanol–water partition coefficient (Wildman–Crippen LogP) is 1.53. The second-order valence-electron chi connectivity index (χ2n) is 3.25. The fourth-order valence-electron chi connectivity index (χ4n) is 1.02. The number of amides is 1. The van der Waals surface area contributed by atoms with E-state index in [1.54, 1.807) is 26.2 Å². The molecule has 1 amide bonds. The second kappa shape index (κ2) is 5.16. The van der Waals surface area contributed by atoms with Crippen LogP contribution >= 0.6 is 0 Å². The van der Waals surface area contributed by atoms with Gasteiger partial charge in [0.1, 0.15) is 11.3 Å². The van der Waals surface area contributed by atoms with E-state index in [2.05, 4.69) is 4.74 Å². The number of esters is 1. The molecule has 86 valence electrons. The van der Waals surface area contributed by atoms with E-state index in [9.17, 15) is 9.59 Å². The van der Waals surface area contributed by atoms with Crippen LogP contribution in [0.3, 0.4) is 0 Å². The van der Waals surface area contributed by atoms with E-state index in [-0.39, 0.29) is 11.3 Å². The van der Waals surface area contributed by atoms with Crippen molar-refractivity contribution in [2.45, 2.75) is 0 Å². The zero-order valence-corrected chi connectivity index (χ0v) is 9.39. The summed E-state index contributed by atoms with van der Waals surface area (Å²) in [7, 11) is 4.39. The van der Waals surface area contributed by atoms with Gasteiger partial charge in [-0.2, -0.15) is 0 Å². The zero-order valence-electron chi connectivity index (χ0n) is 9.39. The quantitative estimate of drug-likeness (QED) is 0.713. The Labute approximate surface area is 93.6 Å². The first-order chi connectivity index (χ1) is 7.56. The molecule has 0 fully saturated rings. The van der Waals surface area contributed by atoms with Crippen molar-refractivity contribution in [2.24, 2.45) is 0 Å². The van der Waals surface area contributed by atoms with Crippen LogP contribution in [0.4, 0.5) is 4.79 Å². The molecule has 5 nitrogen and oxygen atoms in total. The van der Waals surface area contributed by atoms with Gasteiger partial charge < -0.3 is 14.4 Å². The highest BCUT2D eigenvalue weighted by Gasteiger charge is 2.15. The Morgan fingerprint density at radius 1 is 1.19 bits per heavy atom. The van der Waals surface area contributed by atoms with Gasteiger partial charge in [-0.1, -0.05) is 12.1 Å². The van der Waals surface area contributed by atoms with Gasteiger partial charge in [-0.15, -0.1) is 0 Å². The molecule has 0 saturated heterocycles. The summed E-state index contributed by atoms with van der Waals surface area (Å²) in [5.74, 6) is -0.352. The Bertz CT molecular complexity index is 401. The summed E-state index contributed by atoms with van der Waals surface area (Å²) in [6.45, 7) is 0. The number of nitrogens with zero attached hydrogens (tertiary/aromatic N) is 1. The molecule has 0 N–H and O–H groups in total. The van der Waals surface area contributed by atoms with E-state index in [1.165, 1.54) is 24.1 Å². The third kappa shape index (κ3) is 2.73. The van der Waals surface area contributed by atoms with Crippen molar-refractivity contribution in [3.8, 4) is 5.75 Å². The minimum absolute atomic E-state index is 0.188. The van der Waals surface area contributed by atoms with Crippen molar-refractivity contribution in [3.05, 3.63) is 29.8 Å². The highest BCUT2D eigenvalue weighted by atomic mass is 16.6. The molecule has 0 heterocycles. The standard InChI is InChI=1S/C11H13NO4/c1-12(2)11(14)16-9-7-5-4-6-8(9)10(13)15-3/h4-7H,1-3H3. The maximum Gasteiger partial charge on any atom is 0.414 e. The van der Waals surface area contributed by atoms with Crippen LogP contribution in [-0.2, 0) is 4.74 Å². The molecular weight excluding hydrogens is 210 g/mol. The van der Waals surface area contributed by atoms with Crippen LogP contribution in [0.1, 0.15) is 10.4 Å². The van der Waals surface area contributed by atoms with Gasteiger partial charge >= 0.3 is 12.1 Å². The number of carbonyl (C=O) groups excluding carboxylic acids is 2. The summed E-state index contributed by atoms with van der Waals surface area (Å²) in [5, 5.41) is 0. The van der Waals surface area contributed by atoms with Gasteiger partial charge in [0.25, 0.3) is 0 Å². The number of carbonyl (C=O) groups is 2. The van der Waals surface area contributed by atoms with E-state index in [4.69, 9.17) is 4.74 Å². The molecular formula is C11H13NO4. The number of methoxy groups -OCH3 is 1. The number of hydrogen-bond acceptors (Lipinski definition) is 4. The van der Waals surface area contributed by atoms with Crippen molar-refractivity contribution in [1.29, 1.82) is 0 Å². The zero-order chi connectivity index (χ0) is 12.1. The third-order valence-corrected chi connectivity index (χ3v) is 1.85. The van der Waals surface area contributed by atoms with Gasteiger partial charge in [0.15, 0.2) is 0 Å². The molecule has 0 aliphatic heterocycles. The lowest BCUT2D eigenvalue weighted by Crippen LogP contribution is -2.26. The Kier molecular flexibility index (Phi) is 3.88. The molecule has 0 aromatic heterocycles. The van der Waals surface area contributed by atoms with Crippen LogP contribution < -0.4 is 4.74 Å². The topological polar surface area (TPSA) is 55.8 Å². The largest absolute Gasteiger partial charge is 0.465 e. The van der Waals surface area contributed by atoms with Crippen LogP contribution in [0.5, 0.6) is 5.75 Å². The van der Waals surface area contributed by atoms with E-state index in [0.717, 1.165) is 0 Å². The number of ether oxygens (including phenoxy) is 2. The summed E-state index contributed by atoms with van der Waals surface area (Å²) in [6, 6.07) is 6.40. The lowest BCUT2D eigenvalue weighted by Gasteiger charge is -2.12. The van der Waals surface area contributed by atoms with Gasteiger partial charge in [0, 0.05) is 14.1 Å². The van der Waals surface area contributed by atoms with Crippen molar-refractivity contribution in [2.75, 3.05) is 21.2 Å². The first kappa shape index (κ1) is 12.0. The smallest absolute Gasteiger partial charge is 0.414 e. The molecule has 0 aliphatic carbocycles. The van der Waals surface area contributed by atoms with E-state index in [0.29, 0.717) is 0 Å². The summed E-state index contributed by atoms with van der Waals surface area (Å²) in [6.07, 6.45) is -0.545. The fourth-order valence-corrected chi connectivity index (χ4v) is 1.02. The molecule has 16 heavy (non-hydrogen) atoms. The lowest BCUT2D eigenvalue weighted by atomic mass is 10.2. The summed E-state index contributed by atoms with van der Waals surface area (Å²) in [5.41, 5.74) is 0.222. The molecule has 0 bridgehead atoms. The van der Waals surface area contributed by atoms with E-state index < -0.39 is 12.1 Å². The fraction of sp³-hybridized carbons (Fsp3) is 0.273. The third-order valence-electron chi connectivity index (χ3n) is 1.85. The predicted molar refractivity (Wildman–Crippen MR) is 57.5 cm³/mol. The SMILES string of the molecule is COC(=O)c1ccccc1OC(=O)N(C)C. The molecule has 1 rings (SSSR count). The number of hydrogen-bond donors (Lipinski definition) is 0. The Hall–Kier alpha value is -2.04. The Morgan fingerprint density at radius 3 is 2.38 bits per heavy atom. The lowest BCUT2D eigenvalue weighted by molar-refractivity contribution is 0.0597. The van der Waals surface area contributed by atoms with Gasteiger partial charge in [0.2, 0.25) is 0 Å². The Morgan fingerprint density at radius 2 is 1.81 bits per heavy atom. The molecule has 0 atom stereocenters. The van der Waals surface area contributed by atoms with Gasteiger partial charge in [0.05, 0.1) is 7.11 Å². The second-order valence-corrected chi connectivity index (χ2v) is 3.25. The van der Waals surface area contributed by atoms with Crippen molar-refractivity contribution < 1.29 is 19.1 Å².